The van der Waals surface area contributed by atoms with Crippen molar-refractivity contribution in [3.63, 3.8) is 0 Å². The van der Waals surface area contributed by atoms with Gasteiger partial charge in [0.2, 0.25) is 0 Å². The molecular weight excluding hydrogens is 214 g/mol. The number of fused-ring (bicyclic) bond motifs is 1. The van der Waals surface area contributed by atoms with Crippen molar-refractivity contribution in [2.24, 2.45) is 0 Å². The van der Waals surface area contributed by atoms with Crippen LogP contribution < -0.4 is 4.90 Å². The van der Waals surface area contributed by atoms with E-state index in [9.17, 15) is 9.90 Å². The second-order valence-corrected chi connectivity index (χ2v) is 4.80. The molecule has 0 aromatic heterocycles. The molecule has 17 heavy (non-hydrogen) atoms. The summed E-state index contributed by atoms with van der Waals surface area (Å²) in [6.07, 6.45) is 1.78. The van der Waals surface area contributed by atoms with Gasteiger partial charge in [0.05, 0.1) is 6.10 Å². The van der Waals surface area contributed by atoms with E-state index in [1.54, 1.807) is 13.8 Å². The van der Waals surface area contributed by atoms with Crippen molar-refractivity contribution in [3.8, 4) is 0 Å². The molecule has 0 aliphatic carbocycles. The van der Waals surface area contributed by atoms with E-state index in [0.717, 1.165) is 24.9 Å². The van der Waals surface area contributed by atoms with Crippen LogP contribution in [0.25, 0.3) is 0 Å². The molecule has 3 heteroatoms. The number of benzene rings is 1. The molecule has 0 saturated carbocycles. The van der Waals surface area contributed by atoms with Crippen LogP contribution in [-0.2, 0) is 6.42 Å². The van der Waals surface area contributed by atoms with E-state index >= 15 is 0 Å². The third-order valence-electron chi connectivity index (χ3n) is 3.19. The zero-order valence-electron chi connectivity index (χ0n) is 10.4. The summed E-state index contributed by atoms with van der Waals surface area (Å²) in [6, 6.07) is 5.88. The third-order valence-corrected chi connectivity index (χ3v) is 3.19. The number of rotatable bonds is 3. The maximum atomic E-state index is 11.3. The molecular formula is C14H19NO2. The Morgan fingerprint density at radius 1 is 1.53 bits per heavy atom. The van der Waals surface area contributed by atoms with Gasteiger partial charge in [-0.2, -0.15) is 0 Å². The van der Waals surface area contributed by atoms with Gasteiger partial charge in [-0.25, -0.2) is 0 Å². The first-order valence-corrected chi connectivity index (χ1v) is 6.15. The number of aliphatic hydroxyl groups excluding tert-OH is 1. The first-order chi connectivity index (χ1) is 8.08. The fourth-order valence-electron chi connectivity index (χ4n) is 2.40. The number of anilines is 1. The number of hydrogen-bond acceptors (Lipinski definition) is 3. The van der Waals surface area contributed by atoms with Crippen molar-refractivity contribution in [3.05, 3.63) is 29.3 Å². The summed E-state index contributed by atoms with van der Waals surface area (Å²) < 4.78 is 0. The highest BCUT2D eigenvalue weighted by molar-refractivity contribution is 5.94. The molecule has 0 saturated heterocycles. The average Bonchev–Trinajstić information content (AvgIpc) is 2.28. The van der Waals surface area contributed by atoms with E-state index < -0.39 is 0 Å². The Morgan fingerprint density at radius 3 is 2.94 bits per heavy atom. The summed E-state index contributed by atoms with van der Waals surface area (Å²) in [7, 11) is 0. The number of aryl methyl sites for hydroxylation is 1. The highest BCUT2D eigenvalue weighted by Gasteiger charge is 2.18. The van der Waals surface area contributed by atoms with Crippen LogP contribution in [0.5, 0.6) is 0 Å². The van der Waals surface area contributed by atoms with Gasteiger partial charge in [0.15, 0.2) is 5.78 Å². The zero-order valence-corrected chi connectivity index (χ0v) is 10.4. The number of hydrogen-bond donors (Lipinski definition) is 1. The lowest BCUT2D eigenvalue weighted by molar-refractivity contribution is 0.101. The molecule has 1 atom stereocenters. The van der Waals surface area contributed by atoms with E-state index in [1.807, 2.05) is 18.2 Å². The summed E-state index contributed by atoms with van der Waals surface area (Å²) in [6.45, 7) is 5.04. The molecule has 1 unspecified atom stereocenters. The topological polar surface area (TPSA) is 40.5 Å². The van der Waals surface area contributed by atoms with E-state index in [2.05, 4.69) is 4.90 Å². The van der Waals surface area contributed by atoms with E-state index in [4.69, 9.17) is 0 Å². The largest absolute Gasteiger partial charge is 0.392 e. The second kappa shape index (κ2) is 4.88. The fourth-order valence-corrected chi connectivity index (χ4v) is 2.40. The molecule has 0 fully saturated rings. The molecule has 0 bridgehead atoms. The molecule has 1 aliphatic rings. The quantitative estimate of drug-likeness (QED) is 0.812. The number of Topliss-reactive ketones (excluding diaryl/α,β-unsaturated/α-hetero) is 1. The fraction of sp³-hybridized carbons (Fsp3) is 0.500. The predicted molar refractivity (Wildman–Crippen MR) is 68.7 cm³/mol. The molecule has 1 aromatic carbocycles. The van der Waals surface area contributed by atoms with E-state index in [-0.39, 0.29) is 11.9 Å². The van der Waals surface area contributed by atoms with Crippen LogP contribution in [-0.4, -0.2) is 30.1 Å². The van der Waals surface area contributed by atoms with Crippen LogP contribution in [0.2, 0.25) is 0 Å². The zero-order chi connectivity index (χ0) is 12.4. The number of carbonyl (C=O) groups excluding carboxylic acids is 1. The SMILES string of the molecule is CC(=O)c1ccc2c(c1)CCCN2CC(C)O. The van der Waals surface area contributed by atoms with Crippen LogP contribution in [0, 0.1) is 0 Å². The predicted octanol–water partition coefficient (Wildman–Crippen LogP) is 2.02. The lowest BCUT2D eigenvalue weighted by atomic mass is 9.98. The van der Waals surface area contributed by atoms with Crippen LogP contribution in [0.4, 0.5) is 5.69 Å². The van der Waals surface area contributed by atoms with Crippen LogP contribution in [0.3, 0.4) is 0 Å². The summed E-state index contributed by atoms with van der Waals surface area (Å²) in [4.78, 5) is 13.5. The van der Waals surface area contributed by atoms with Gasteiger partial charge in [-0.1, -0.05) is 0 Å². The Bertz CT molecular complexity index is 426. The van der Waals surface area contributed by atoms with Crippen molar-refractivity contribution in [1.29, 1.82) is 0 Å². The molecule has 1 aliphatic heterocycles. The van der Waals surface area contributed by atoms with Crippen molar-refractivity contribution in [1.82, 2.24) is 0 Å². The summed E-state index contributed by atoms with van der Waals surface area (Å²) in [5.41, 5.74) is 3.18. The Morgan fingerprint density at radius 2 is 2.29 bits per heavy atom. The van der Waals surface area contributed by atoms with Gasteiger partial charge >= 0.3 is 0 Å². The summed E-state index contributed by atoms with van der Waals surface area (Å²) in [5, 5.41) is 9.48. The van der Waals surface area contributed by atoms with E-state index in [1.165, 1.54) is 11.3 Å². The molecule has 2 rings (SSSR count). The highest BCUT2D eigenvalue weighted by atomic mass is 16.3. The number of ketones is 1. The number of aliphatic hydroxyl groups is 1. The normalized spacial score (nSPS) is 16.5. The standard InChI is InChI=1S/C14H19NO2/c1-10(16)9-15-7-3-4-13-8-12(11(2)17)5-6-14(13)15/h5-6,8,10,16H,3-4,7,9H2,1-2H3. The third kappa shape index (κ3) is 2.67. The van der Waals surface area contributed by atoms with Crippen LogP contribution in [0.15, 0.2) is 18.2 Å². The molecule has 0 amide bonds. The highest BCUT2D eigenvalue weighted by Crippen LogP contribution is 2.28. The van der Waals surface area contributed by atoms with E-state index in [0.29, 0.717) is 6.54 Å². The minimum absolute atomic E-state index is 0.112. The van der Waals surface area contributed by atoms with Crippen LogP contribution >= 0.6 is 0 Å². The molecule has 1 aromatic rings. The van der Waals surface area contributed by atoms with Crippen molar-refractivity contribution in [2.45, 2.75) is 32.8 Å². The summed E-state index contributed by atoms with van der Waals surface area (Å²) >= 11 is 0. The van der Waals surface area contributed by atoms with Gasteiger partial charge in [0, 0.05) is 24.3 Å². The minimum atomic E-state index is -0.326. The smallest absolute Gasteiger partial charge is 0.159 e. The van der Waals surface area contributed by atoms with Gasteiger partial charge in [-0.15, -0.1) is 0 Å². The Balaban J connectivity index is 2.30. The van der Waals surface area contributed by atoms with Crippen LogP contribution in [0.1, 0.15) is 36.2 Å². The first-order valence-electron chi connectivity index (χ1n) is 6.15. The lowest BCUT2D eigenvalue weighted by Gasteiger charge is -2.32. The Hall–Kier alpha value is -1.35. The molecule has 3 nitrogen and oxygen atoms in total. The van der Waals surface area contributed by atoms with Gasteiger partial charge in [0.25, 0.3) is 0 Å². The minimum Gasteiger partial charge on any atom is -0.392 e. The number of β-amino-alcohol motifs (C(OH)–C–C–N with tert-alkyl or cyclic N) is 1. The number of nitrogens with zero attached hydrogens (tertiary/aromatic N) is 1. The monoisotopic (exact) mass is 233 g/mol. The maximum absolute atomic E-state index is 11.3. The van der Waals surface area contributed by atoms with Gasteiger partial charge < -0.3 is 10.0 Å². The molecule has 0 spiro atoms. The molecule has 92 valence electrons. The van der Waals surface area contributed by atoms with Crippen molar-refractivity contribution in [2.75, 3.05) is 18.0 Å². The van der Waals surface area contributed by atoms with Crippen molar-refractivity contribution < 1.29 is 9.90 Å². The first kappa shape index (κ1) is 12.1. The molecule has 0 radical (unpaired) electrons. The maximum Gasteiger partial charge on any atom is 0.159 e. The van der Waals surface area contributed by atoms with Crippen molar-refractivity contribution >= 4 is 11.5 Å². The molecule has 1 heterocycles. The summed E-state index contributed by atoms with van der Waals surface area (Å²) in [5.74, 6) is 0.112. The number of carbonyl (C=O) groups is 1. The average molecular weight is 233 g/mol. The second-order valence-electron chi connectivity index (χ2n) is 4.80. The lowest BCUT2D eigenvalue weighted by Crippen LogP contribution is -2.35. The Kier molecular flexibility index (Phi) is 3.48. The van der Waals surface area contributed by atoms with Gasteiger partial charge in [-0.3, -0.25) is 4.79 Å². The van der Waals surface area contributed by atoms with Gasteiger partial charge in [-0.05, 0) is 50.5 Å². The van der Waals surface area contributed by atoms with Gasteiger partial charge in [0.1, 0.15) is 0 Å². The molecule has 1 N–H and O–H groups in total. The Labute approximate surface area is 102 Å².